The van der Waals surface area contributed by atoms with Crippen LogP contribution < -0.4 is 0 Å². The summed E-state index contributed by atoms with van der Waals surface area (Å²) in [6.07, 6.45) is 1.39. The number of aromatic amines is 1. The van der Waals surface area contributed by atoms with E-state index in [1.54, 1.807) is 6.92 Å². The molecule has 6 nitrogen and oxygen atoms in total. The molecule has 1 aliphatic heterocycles. The van der Waals surface area contributed by atoms with E-state index in [9.17, 15) is 8.42 Å². The van der Waals surface area contributed by atoms with Crippen LogP contribution in [0.1, 0.15) is 12.6 Å². The molecule has 1 N–H and O–H groups in total. The van der Waals surface area contributed by atoms with Crippen LogP contribution in [0.5, 0.6) is 0 Å². The molecule has 0 atom stereocenters. The topological polar surface area (TPSA) is 69.3 Å². The smallest absolute Gasteiger partial charge is 0.246 e. The summed E-state index contributed by atoms with van der Waals surface area (Å²) in [4.78, 5) is 2.54. The largest absolute Gasteiger partial charge is 0.301 e. The minimum absolute atomic E-state index is 0.294. The third-order valence-corrected chi connectivity index (χ3v) is 5.19. The molecule has 0 bridgehead atoms. The Bertz CT molecular complexity index is 474. The van der Waals surface area contributed by atoms with Gasteiger partial charge in [-0.05, 0) is 13.5 Å². The SMILES string of the molecule is CCN1CCN(S(=O)(=O)c2cn[nH]c2C)CC1. The Hall–Kier alpha value is -0.920. The molecule has 96 valence electrons. The van der Waals surface area contributed by atoms with Gasteiger partial charge in [0.25, 0.3) is 0 Å². The Balaban J connectivity index is 2.16. The number of likely N-dealkylation sites (N-methyl/N-ethyl adjacent to an activating group) is 1. The number of nitrogens with zero attached hydrogens (tertiary/aromatic N) is 3. The molecule has 2 rings (SSSR count). The maximum absolute atomic E-state index is 12.3. The van der Waals surface area contributed by atoms with Crippen molar-refractivity contribution in [3.8, 4) is 0 Å². The summed E-state index contributed by atoms with van der Waals surface area (Å²) < 4.78 is 26.2. The number of piperazine rings is 1. The second-order valence-corrected chi connectivity index (χ2v) is 6.10. The average molecular weight is 258 g/mol. The molecule has 1 aliphatic rings. The van der Waals surface area contributed by atoms with E-state index in [-0.39, 0.29) is 0 Å². The van der Waals surface area contributed by atoms with Crippen LogP contribution in [0.25, 0.3) is 0 Å². The fourth-order valence-electron chi connectivity index (χ4n) is 2.02. The Morgan fingerprint density at radius 3 is 2.47 bits per heavy atom. The molecule has 1 fully saturated rings. The first-order valence-corrected chi connectivity index (χ1v) is 7.22. The first-order chi connectivity index (χ1) is 8.05. The normalized spacial score (nSPS) is 19.6. The lowest BCUT2D eigenvalue weighted by atomic mass is 10.4. The van der Waals surface area contributed by atoms with Crippen LogP contribution in [-0.2, 0) is 10.0 Å². The fraction of sp³-hybridized carbons (Fsp3) is 0.700. The number of sulfonamides is 1. The van der Waals surface area contributed by atoms with E-state index in [4.69, 9.17) is 0 Å². The number of hydrogen-bond acceptors (Lipinski definition) is 4. The molecule has 7 heteroatoms. The number of aryl methyl sites for hydroxylation is 1. The van der Waals surface area contributed by atoms with Crippen LogP contribution in [0, 0.1) is 6.92 Å². The summed E-state index contributed by atoms with van der Waals surface area (Å²) in [5, 5.41) is 6.44. The summed E-state index contributed by atoms with van der Waals surface area (Å²) in [7, 11) is -3.37. The van der Waals surface area contributed by atoms with Gasteiger partial charge in [-0.3, -0.25) is 5.10 Å². The highest BCUT2D eigenvalue weighted by Gasteiger charge is 2.29. The molecule has 0 amide bonds. The molecule has 1 aromatic rings. The summed E-state index contributed by atoms with van der Waals surface area (Å²) >= 11 is 0. The minimum atomic E-state index is -3.37. The van der Waals surface area contributed by atoms with Crippen LogP contribution in [0.2, 0.25) is 0 Å². The van der Waals surface area contributed by atoms with Crippen LogP contribution >= 0.6 is 0 Å². The third kappa shape index (κ3) is 2.36. The molecular weight excluding hydrogens is 240 g/mol. The van der Waals surface area contributed by atoms with Gasteiger partial charge >= 0.3 is 0 Å². The molecule has 17 heavy (non-hydrogen) atoms. The number of H-pyrrole nitrogens is 1. The average Bonchev–Trinajstić information content (AvgIpc) is 2.76. The second kappa shape index (κ2) is 4.75. The van der Waals surface area contributed by atoms with Gasteiger partial charge in [0.05, 0.1) is 11.9 Å². The van der Waals surface area contributed by atoms with Gasteiger partial charge in [-0.2, -0.15) is 9.40 Å². The zero-order valence-corrected chi connectivity index (χ0v) is 11.0. The summed E-state index contributed by atoms with van der Waals surface area (Å²) in [6, 6.07) is 0. The van der Waals surface area contributed by atoms with Crippen molar-refractivity contribution in [3.63, 3.8) is 0 Å². The van der Waals surface area contributed by atoms with E-state index in [2.05, 4.69) is 22.0 Å². The summed E-state index contributed by atoms with van der Waals surface area (Å²) in [5.74, 6) is 0. The molecule has 0 radical (unpaired) electrons. The maximum Gasteiger partial charge on any atom is 0.246 e. The lowest BCUT2D eigenvalue weighted by molar-refractivity contribution is 0.196. The van der Waals surface area contributed by atoms with E-state index >= 15 is 0 Å². The zero-order valence-electron chi connectivity index (χ0n) is 10.2. The van der Waals surface area contributed by atoms with Crippen LogP contribution in [0.15, 0.2) is 11.1 Å². The van der Waals surface area contributed by atoms with E-state index in [0.717, 1.165) is 19.6 Å². The number of aromatic nitrogens is 2. The zero-order chi connectivity index (χ0) is 12.5. The first-order valence-electron chi connectivity index (χ1n) is 5.78. The van der Waals surface area contributed by atoms with Crippen LogP contribution in [0.4, 0.5) is 0 Å². The van der Waals surface area contributed by atoms with Gasteiger partial charge in [0.1, 0.15) is 4.90 Å². The molecule has 1 aromatic heterocycles. The van der Waals surface area contributed by atoms with Gasteiger partial charge < -0.3 is 4.90 Å². The Morgan fingerprint density at radius 1 is 1.35 bits per heavy atom. The predicted octanol–water partition coefficient (Wildman–Crippen LogP) is 0.0443. The molecule has 0 aliphatic carbocycles. The van der Waals surface area contributed by atoms with Gasteiger partial charge in [0, 0.05) is 26.2 Å². The fourth-order valence-corrected chi connectivity index (χ4v) is 3.57. The maximum atomic E-state index is 12.3. The predicted molar refractivity (Wildman–Crippen MR) is 64.2 cm³/mol. The van der Waals surface area contributed by atoms with Crippen molar-refractivity contribution in [3.05, 3.63) is 11.9 Å². The summed E-state index contributed by atoms with van der Waals surface area (Å²) in [5.41, 5.74) is 0.600. The molecule has 0 spiro atoms. The van der Waals surface area contributed by atoms with E-state index < -0.39 is 10.0 Å². The number of hydrogen-bond donors (Lipinski definition) is 1. The third-order valence-electron chi connectivity index (χ3n) is 3.18. The van der Waals surface area contributed by atoms with Crippen LogP contribution in [0.3, 0.4) is 0 Å². The standard InChI is InChI=1S/C10H18N4O2S/c1-3-13-4-6-14(7-5-13)17(15,16)10-8-11-12-9(10)2/h8H,3-7H2,1-2H3,(H,11,12). The molecular formula is C10H18N4O2S. The molecule has 0 unspecified atom stereocenters. The van der Waals surface area contributed by atoms with Crippen molar-refractivity contribution in [1.29, 1.82) is 0 Å². The van der Waals surface area contributed by atoms with E-state index in [0.29, 0.717) is 23.7 Å². The van der Waals surface area contributed by atoms with Crippen molar-refractivity contribution in [2.75, 3.05) is 32.7 Å². The van der Waals surface area contributed by atoms with Gasteiger partial charge in [0.15, 0.2) is 0 Å². The highest BCUT2D eigenvalue weighted by Crippen LogP contribution is 2.18. The van der Waals surface area contributed by atoms with Crippen LogP contribution in [-0.4, -0.2) is 60.5 Å². The van der Waals surface area contributed by atoms with Gasteiger partial charge in [-0.1, -0.05) is 6.92 Å². The lowest BCUT2D eigenvalue weighted by Gasteiger charge is -2.33. The van der Waals surface area contributed by atoms with E-state index in [1.807, 2.05) is 0 Å². The van der Waals surface area contributed by atoms with E-state index in [1.165, 1.54) is 10.5 Å². The number of nitrogens with one attached hydrogen (secondary N) is 1. The Kier molecular flexibility index (Phi) is 3.50. The second-order valence-electron chi connectivity index (χ2n) is 4.20. The van der Waals surface area contributed by atoms with Crippen molar-refractivity contribution in [2.24, 2.45) is 0 Å². The molecule has 0 aromatic carbocycles. The number of rotatable bonds is 3. The quantitative estimate of drug-likeness (QED) is 0.831. The van der Waals surface area contributed by atoms with Gasteiger partial charge in [-0.25, -0.2) is 8.42 Å². The van der Waals surface area contributed by atoms with Crippen molar-refractivity contribution >= 4 is 10.0 Å². The Morgan fingerprint density at radius 2 is 2.00 bits per heavy atom. The molecule has 1 saturated heterocycles. The lowest BCUT2D eigenvalue weighted by Crippen LogP contribution is -2.48. The molecule has 0 saturated carbocycles. The molecule has 2 heterocycles. The highest BCUT2D eigenvalue weighted by molar-refractivity contribution is 7.89. The summed E-state index contributed by atoms with van der Waals surface area (Å²) in [6.45, 7) is 7.49. The van der Waals surface area contributed by atoms with Crippen molar-refractivity contribution < 1.29 is 8.42 Å². The van der Waals surface area contributed by atoms with Crippen molar-refractivity contribution in [2.45, 2.75) is 18.7 Å². The monoisotopic (exact) mass is 258 g/mol. The minimum Gasteiger partial charge on any atom is -0.301 e. The van der Waals surface area contributed by atoms with Gasteiger partial charge in [-0.15, -0.1) is 0 Å². The van der Waals surface area contributed by atoms with Gasteiger partial charge in [0.2, 0.25) is 10.0 Å². The van der Waals surface area contributed by atoms with Crippen molar-refractivity contribution in [1.82, 2.24) is 19.4 Å². The highest BCUT2D eigenvalue weighted by atomic mass is 32.2. The first kappa shape index (κ1) is 12.5. The Labute approximate surface area is 102 Å².